The summed E-state index contributed by atoms with van der Waals surface area (Å²) in [5.41, 5.74) is 17.4. The molecule has 1 fully saturated rings. The van der Waals surface area contributed by atoms with Gasteiger partial charge in [0.15, 0.2) is 0 Å². The van der Waals surface area contributed by atoms with Crippen molar-refractivity contribution in [1.29, 1.82) is 0 Å². The molecular formula is C11H21N3. The van der Waals surface area contributed by atoms with Gasteiger partial charge in [0.25, 0.3) is 0 Å². The van der Waals surface area contributed by atoms with Crippen LogP contribution in [0, 0.1) is 5.92 Å². The van der Waals surface area contributed by atoms with Gasteiger partial charge in [-0.1, -0.05) is 32.1 Å². The Morgan fingerprint density at radius 2 is 1.79 bits per heavy atom. The van der Waals surface area contributed by atoms with E-state index in [1.807, 2.05) is 0 Å². The zero-order chi connectivity index (χ0) is 10.4. The molecule has 0 heterocycles. The molecule has 0 aliphatic heterocycles. The highest BCUT2D eigenvalue weighted by molar-refractivity contribution is 5.20. The molecule has 3 heteroatoms. The van der Waals surface area contributed by atoms with Crippen LogP contribution in [0.25, 0.3) is 0 Å². The maximum Gasteiger partial charge on any atom is 0.0936 e. The molecule has 0 aromatic heterocycles. The Morgan fingerprint density at radius 1 is 1.14 bits per heavy atom. The fraction of sp³-hybridized carbons (Fsp3) is 0.636. The molecule has 0 saturated heterocycles. The van der Waals surface area contributed by atoms with Crippen LogP contribution in [0.3, 0.4) is 0 Å². The fourth-order valence-electron chi connectivity index (χ4n) is 2.11. The minimum absolute atomic E-state index is 0.345. The Bertz CT molecular complexity index is 221. The number of allylic oxidation sites excluding steroid dienone is 2. The smallest absolute Gasteiger partial charge is 0.0936 e. The van der Waals surface area contributed by atoms with E-state index in [1.54, 1.807) is 12.3 Å². The Morgan fingerprint density at radius 3 is 2.29 bits per heavy atom. The van der Waals surface area contributed by atoms with Crippen molar-refractivity contribution >= 4 is 0 Å². The molecule has 1 saturated carbocycles. The minimum atomic E-state index is 0.345. The van der Waals surface area contributed by atoms with Gasteiger partial charge in [-0.25, -0.2) is 0 Å². The first-order chi connectivity index (χ1) is 6.72. The average molecular weight is 195 g/mol. The zero-order valence-electron chi connectivity index (χ0n) is 8.71. The summed E-state index contributed by atoms with van der Waals surface area (Å²) in [6, 6.07) is 0. The SMILES string of the molecule is N/C=C(\C=C(N)N)CC1CCCCC1. The Balaban J connectivity index is 2.44. The predicted molar refractivity (Wildman–Crippen MR) is 59.9 cm³/mol. The van der Waals surface area contributed by atoms with E-state index in [9.17, 15) is 0 Å². The number of hydrogen-bond donors (Lipinski definition) is 3. The fourth-order valence-corrected chi connectivity index (χ4v) is 2.11. The molecule has 1 aliphatic rings. The van der Waals surface area contributed by atoms with Gasteiger partial charge in [0.05, 0.1) is 5.82 Å². The van der Waals surface area contributed by atoms with Gasteiger partial charge in [-0.15, -0.1) is 0 Å². The van der Waals surface area contributed by atoms with Gasteiger partial charge >= 0.3 is 0 Å². The predicted octanol–water partition coefficient (Wildman–Crippen LogP) is 1.56. The number of rotatable bonds is 3. The highest BCUT2D eigenvalue weighted by Gasteiger charge is 2.14. The van der Waals surface area contributed by atoms with Crippen LogP contribution in [0.5, 0.6) is 0 Å². The van der Waals surface area contributed by atoms with E-state index in [2.05, 4.69) is 0 Å². The van der Waals surface area contributed by atoms with Crippen LogP contribution in [-0.2, 0) is 0 Å². The molecule has 0 atom stereocenters. The number of hydrogen-bond acceptors (Lipinski definition) is 3. The lowest BCUT2D eigenvalue weighted by Gasteiger charge is -2.21. The Kier molecular flexibility index (Phi) is 4.36. The molecule has 0 aromatic carbocycles. The molecule has 80 valence electrons. The topological polar surface area (TPSA) is 78.1 Å². The molecule has 0 radical (unpaired) electrons. The van der Waals surface area contributed by atoms with Gasteiger partial charge in [-0.2, -0.15) is 0 Å². The Hall–Kier alpha value is -1.12. The molecule has 0 aromatic rings. The summed E-state index contributed by atoms with van der Waals surface area (Å²) in [5.74, 6) is 1.12. The van der Waals surface area contributed by atoms with Gasteiger partial charge in [0, 0.05) is 0 Å². The third-order valence-corrected chi connectivity index (χ3v) is 2.82. The van der Waals surface area contributed by atoms with Gasteiger partial charge in [0.1, 0.15) is 0 Å². The van der Waals surface area contributed by atoms with E-state index in [1.165, 1.54) is 32.1 Å². The highest BCUT2D eigenvalue weighted by Crippen LogP contribution is 2.28. The quantitative estimate of drug-likeness (QED) is 0.598. The van der Waals surface area contributed by atoms with Gasteiger partial charge in [-0.05, 0) is 30.2 Å². The summed E-state index contributed by atoms with van der Waals surface area (Å²) < 4.78 is 0. The summed E-state index contributed by atoms with van der Waals surface area (Å²) in [4.78, 5) is 0. The van der Waals surface area contributed by atoms with Gasteiger partial charge < -0.3 is 17.2 Å². The molecular weight excluding hydrogens is 174 g/mol. The lowest BCUT2D eigenvalue weighted by atomic mass is 9.85. The second-order valence-electron chi connectivity index (χ2n) is 4.09. The molecule has 0 unspecified atom stereocenters. The van der Waals surface area contributed by atoms with Crippen LogP contribution < -0.4 is 17.2 Å². The minimum Gasteiger partial charge on any atom is -0.404 e. The first kappa shape index (κ1) is 11.0. The zero-order valence-corrected chi connectivity index (χ0v) is 8.71. The third kappa shape index (κ3) is 3.73. The van der Waals surface area contributed by atoms with Crippen LogP contribution in [0.1, 0.15) is 38.5 Å². The van der Waals surface area contributed by atoms with Crippen LogP contribution in [-0.4, -0.2) is 0 Å². The maximum absolute atomic E-state index is 5.52. The van der Waals surface area contributed by atoms with Gasteiger partial charge in [-0.3, -0.25) is 0 Å². The highest BCUT2D eigenvalue weighted by atomic mass is 14.8. The standard InChI is InChI=1S/C11H21N3/c12-8-10(7-11(13)14)6-9-4-2-1-3-5-9/h7-9H,1-6,12-14H2/b10-8-. The molecule has 0 spiro atoms. The van der Waals surface area contributed by atoms with E-state index in [-0.39, 0.29) is 0 Å². The van der Waals surface area contributed by atoms with E-state index in [0.29, 0.717) is 5.82 Å². The second kappa shape index (κ2) is 5.58. The van der Waals surface area contributed by atoms with Crippen molar-refractivity contribution < 1.29 is 0 Å². The summed E-state index contributed by atoms with van der Waals surface area (Å²) in [5, 5.41) is 0. The van der Waals surface area contributed by atoms with Crippen LogP contribution in [0.2, 0.25) is 0 Å². The molecule has 3 nitrogen and oxygen atoms in total. The lowest BCUT2D eigenvalue weighted by molar-refractivity contribution is 0.357. The van der Waals surface area contributed by atoms with E-state index >= 15 is 0 Å². The average Bonchev–Trinajstić information content (AvgIpc) is 2.17. The summed E-state index contributed by atoms with van der Waals surface area (Å²) in [6.07, 6.45) is 11.1. The van der Waals surface area contributed by atoms with Crippen molar-refractivity contribution in [2.75, 3.05) is 0 Å². The molecule has 0 amide bonds. The van der Waals surface area contributed by atoms with E-state index < -0.39 is 0 Å². The largest absolute Gasteiger partial charge is 0.404 e. The normalized spacial score (nSPS) is 19.3. The van der Waals surface area contributed by atoms with Gasteiger partial charge in [0.2, 0.25) is 0 Å². The van der Waals surface area contributed by atoms with Crippen LogP contribution in [0.15, 0.2) is 23.7 Å². The summed E-state index contributed by atoms with van der Waals surface area (Å²) >= 11 is 0. The molecule has 6 N–H and O–H groups in total. The number of nitrogens with two attached hydrogens (primary N) is 3. The second-order valence-corrected chi connectivity index (χ2v) is 4.09. The van der Waals surface area contributed by atoms with Crippen molar-refractivity contribution in [1.82, 2.24) is 0 Å². The lowest BCUT2D eigenvalue weighted by Crippen LogP contribution is -2.11. The van der Waals surface area contributed by atoms with Crippen molar-refractivity contribution in [2.24, 2.45) is 23.1 Å². The van der Waals surface area contributed by atoms with Crippen molar-refractivity contribution in [3.8, 4) is 0 Å². The van der Waals surface area contributed by atoms with E-state index in [0.717, 1.165) is 17.9 Å². The van der Waals surface area contributed by atoms with Crippen LogP contribution >= 0.6 is 0 Å². The van der Waals surface area contributed by atoms with E-state index in [4.69, 9.17) is 17.2 Å². The molecule has 14 heavy (non-hydrogen) atoms. The maximum atomic E-state index is 5.52. The first-order valence-electron chi connectivity index (χ1n) is 5.36. The third-order valence-electron chi connectivity index (χ3n) is 2.82. The molecule has 1 aliphatic carbocycles. The van der Waals surface area contributed by atoms with Crippen LogP contribution in [0.4, 0.5) is 0 Å². The van der Waals surface area contributed by atoms with Crippen molar-refractivity contribution in [3.63, 3.8) is 0 Å². The molecule has 0 bridgehead atoms. The monoisotopic (exact) mass is 195 g/mol. The Labute approximate surface area is 86.0 Å². The first-order valence-corrected chi connectivity index (χ1v) is 5.36. The van der Waals surface area contributed by atoms with Crippen molar-refractivity contribution in [3.05, 3.63) is 23.7 Å². The summed E-state index contributed by atoms with van der Waals surface area (Å²) in [7, 11) is 0. The van der Waals surface area contributed by atoms with Crippen molar-refractivity contribution in [2.45, 2.75) is 38.5 Å². The summed E-state index contributed by atoms with van der Waals surface area (Å²) in [6.45, 7) is 0. The molecule has 1 rings (SSSR count).